The van der Waals surface area contributed by atoms with Gasteiger partial charge in [0.25, 0.3) is 0 Å². The minimum atomic E-state index is 0.846. The molecule has 13 heavy (non-hydrogen) atoms. The Morgan fingerprint density at radius 3 is 2.92 bits per heavy atom. The topological polar surface area (TPSA) is 30.9 Å². The fourth-order valence-electron chi connectivity index (χ4n) is 1.56. The standard InChI is InChI=1S/C10H11BrN2/c1-2-13-6-9(12)8-5-7(11)3-4-10(8)13/h3-6H,2,12H2,1H3. The lowest BCUT2D eigenvalue weighted by molar-refractivity contribution is 0.798. The first kappa shape index (κ1) is 8.63. The SMILES string of the molecule is CCn1cc(N)c2cc(Br)ccc21. The first-order valence-electron chi connectivity index (χ1n) is 4.26. The molecule has 0 fully saturated rings. The van der Waals surface area contributed by atoms with Crippen molar-refractivity contribution < 1.29 is 0 Å². The first-order valence-corrected chi connectivity index (χ1v) is 5.05. The van der Waals surface area contributed by atoms with Crippen molar-refractivity contribution in [2.24, 2.45) is 0 Å². The van der Waals surface area contributed by atoms with E-state index in [1.807, 2.05) is 12.3 Å². The van der Waals surface area contributed by atoms with Crippen LogP contribution in [0.2, 0.25) is 0 Å². The van der Waals surface area contributed by atoms with Crippen LogP contribution in [0.15, 0.2) is 28.9 Å². The Balaban J connectivity index is 2.80. The number of rotatable bonds is 1. The molecule has 2 rings (SSSR count). The molecule has 0 spiro atoms. The van der Waals surface area contributed by atoms with E-state index in [4.69, 9.17) is 5.73 Å². The van der Waals surface area contributed by atoms with Crippen LogP contribution in [0.4, 0.5) is 5.69 Å². The van der Waals surface area contributed by atoms with E-state index >= 15 is 0 Å². The molecule has 3 heteroatoms. The molecule has 0 saturated carbocycles. The molecule has 0 saturated heterocycles. The highest BCUT2D eigenvalue weighted by Crippen LogP contribution is 2.26. The molecule has 0 aliphatic carbocycles. The van der Waals surface area contributed by atoms with Crippen molar-refractivity contribution in [3.63, 3.8) is 0 Å². The van der Waals surface area contributed by atoms with Crippen molar-refractivity contribution >= 4 is 32.5 Å². The second kappa shape index (κ2) is 3.07. The Hall–Kier alpha value is -0.960. The van der Waals surface area contributed by atoms with Gasteiger partial charge in [0.1, 0.15) is 0 Å². The molecule has 1 heterocycles. The first-order chi connectivity index (χ1) is 6.22. The van der Waals surface area contributed by atoms with Crippen LogP contribution in [-0.2, 0) is 6.54 Å². The van der Waals surface area contributed by atoms with E-state index in [1.165, 1.54) is 5.52 Å². The zero-order valence-corrected chi connectivity index (χ0v) is 9.01. The van der Waals surface area contributed by atoms with Gasteiger partial charge in [-0.1, -0.05) is 15.9 Å². The molecule has 1 aromatic heterocycles. The summed E-state index contributed by atoms with van der Waals surface area (Å²) in [6.45, 7) is 3.07. The lowest BCUT2D eigenvalue weighted by Gasteiger charge is -1.99. The molecule has 2 N–H and O–H groups in total. The van der Waals surface area contributed by atoms with E-state index in [1.54, 1.807) is 0 Å². The number of aryl methyl sites for hydroxylation is 1. The summed E-state index contributed by atoms with van der Waals surface area (Å²) in [5, 5.41) is 1.12. The molecule has 0 atom stereocenters. The molecule has 2 nitrogen and oxygen atoms in total. The van der Waals surface area contributed by atoms with Crippen LogP contribution in [0, 0.1) is 0 Å². The van der Waals surface area contributed by atoms with Gasteiger partial charge in [-0.05, 0) is 25.1 Å². The monoisotopic (exact) mass is 238 g/mol. The van der Waals surface area contributed by atoms with Gasteiger partial charge >= 0.3 is 0 Å². The maximum Gasteiger partial charge on any atom is 0.0574 e. The predicted molar refractivity (Wildman–Crippen MR) is 59.7 cm³/mol. The summed E-state index contributed by atoms with van der Waals surface area (Å²) in [6.07, 6.45) is 1.98. The zero-order valence-electron chi connectivity index (χ0n) is 7.42. The van der Waals surface area contributed by atoms with E-state index < -0.39 is 0 Å². The van der Waals surface area contributed by atoms with Crippen LogP contribution < -0.4 is 5.73 Å². The molecular weight excluding hydrogens is 228 g/mol. The van der Waals surface area contributed by atoms with Crippen molar-refractivity contribution in [1.82, 2.24) is 4.57 Å². The summed E-state index contributed by atoms with van der Waals surface area (Å²) >= 11 is 3.43. The number of aromatic nitrogens is 1. The van der Waals surface area contributed by atoms with E-state index in [-0.39, 0.29) is 0 Å². The predicted octanol–water partition coefficient (Wildman–Crippen LogP) is 3.01. The van der Waals surface area contributed by atoms with Gasteiger partial charge in [0.15, 0.2) is 0 Å². The van der Waals surface area contributed by atoms with Gasteiger partial charge in [-0.3, -0.25) is 0 Å². The molecule has 0 bridgehead atoms. The molecule has 0 radical (unpaired) electrons. The second-order valence-corrected chi connectivity index (χ2v) is 3.95. The summed E-state index contributed by atoms with van der Waals surface area (Å²) in [6, 6.07) is 6.17. The van der Waals surface area contributed by atoms with E-state index in [0.29, 0.717) is 0 Å². The maximum absolute atomic E-state index is 5.88. The van der Waals surface area contributed by atoms with Gasteiger partial charge in [0.2, 0.25) is 0 Å². The summed E-state index contributed by atoms with van der Waals surface area (Å²) < 4.78 is 3.22. The van der Waals surface area contributed by atoms with Crippen LogP contribution >= 0.6 is 15.9 Å². The average molecular weight is 239 g/mol. The van der Waals surface area contributed by atoms with Crippen molar-refractivity contribution in [3.8, 4) is 0 Å². The zero-order chi connectivity index (χ0) is 9.42. The highest BCUT2D eigenvalue weighted by Gasteiger charge is 2.04. The quantitative estimate of drug-likeness (QED) is 0.814. The van der Waals surface area contributed by atoms with Crippen molar-refractivity contribution in [2.45, 2.75) is 13.5 Å². The molecule has 2 aromatic rings. The van der Waals surface area contributed by atoms with E-state index in [2.05, 4.69) is 39.6 Å². The van der Waals surface area contributed by atoms with Crippen molar-refractivity contribution in [1.29, 1.82) is 0 Å². The third-order valence-electron chi connectivity index (χ3n) is 2.21. The lowest BCUT2D eigenvalue weighted by Crippen LogP contribution is -1.89. The summed E-state index contributed by atoms with van der Waals surface area (Å²) in [4.78, 5) is 0. The van der Waals surface area contributed by atoms with Crippen LogP contribution in [0.5, 0.6) is 0 Å². The number of hydrogen-bond acceptors (Lipinski definition) is 1. The number of nitrogens with two attached hydrogens (primary N) is 1. The number of anilines is 1. The van der Waals surface area contributed by atoms with Crippen LogP contribution in [0.1, 0.15) is 6.92 Å². The number of halogens is 1. The van der Waals surface area contributed by atoms with E-state index in [0.717, 1.165) is 22.1 Å². The fourth-order valence-corrected chi connectivity index (χ4v) is 1.92. The average Bonchev–Trinajstić information content (AvgIpc) is 2.43. The Morgan fingerprint density at radius 1 is 1.46 bits per heavy atom. The number of hydrogen-bond donors (Lipinski definition) is 1. The molecule has 0 amide bonds. The molecule has 0 aliphatic rings. The van der Waals surface area contributed by atoms with E-state index in [9.17, 15) is 0 Å². The molecule has 0 aliphatic heterocycles. The van der Waals surface area contributed by atoms with Crippen LogP contribution in [0.3, 0.4) is 0 Å². The molecular formula is C10H11BrN2. The highest BCUT2D eigenvalue weighted by atomic mass is 79.9. The van der Waals surface area contributed by atoms with Gasteiger partial charge in [0.05, 0.1) is 11.2 Å². The Bertz CT molecular complexity index is 445. The fraction of sp³-hybridized carbons (Fsp3) is 0.200. The van der Waals surface area contributed by atoms with Gasteiger partial charge < -0.3 is 10.3 Å². The number of benzene rings is 1. The summed E-state index contributed by atoms with van der Waals surface area (Å²) in [5.74, 6) is 0. The lowest BCUT2D eigenvalue weighted by atomic mass is 10.2. The maximum atomic E-state index is 5.88. The molecule has 68 valence electrons. The minimum absolute atomic E-state index is 0.846. The highest BCUT2D eigenvalue weighted by molar-refractivity contribution is 9.10. The van der Waals surface area contributed by atoms with Gasteiger partial charge in [-0.25, -0.2) is 0 Å². The summed E-state index contributed by atoms with van der Waals surface area (Å²) in [7, 11) is 0. The number of nitrogens with zero attached hydrogens (tertiary/aromatic N) is 1. The Morgan fingerprint density at radius 2 is 2.23 bits per heavy atom. The molecule has 0 unspecified atom stereocenters. The second-order valence-electron chi connectivity index (χ2n) is 3.03. The van der Waals surface area contributed by atoms with Crippen LogP contribution in [0.25, 0.3) is 10.9 Å². The van der Waals surface area contributed by atoms with Gasteiger partial charge in [-0.15, -0.1) is 0 Å². The van der Waals surface area contributed by atoms with Crippen molar-refractivity contribution in [3.05, 3.63) is 28.9 Å². The Kier molecular flexibility index (Phi) is 2.04. The minimum Gasteiger partial charge on any atom is -0.397 e. The summed E-state index contributed by atoms with van der Waals surface area (Å²) in [5.41, 5.74) is 7.92. The third-order valence-corrected chi connectivity index (χ3v) is 2.71. The van der Waals surface area contributed by atoms with Gasteiger partial charge in [-0.2, -0.15) is 0 Å². The smallest absolute Gasteiger partial charge is 0.0574 e. The number of fused-ring (bicyclic) bond motifs is 1. The third kappa shape index (κ3) is 1.33. The van der Waals surface area contributed by atoms with Crippen molar-refractivity contribution in [2.75, 3.05) is 5.73 Å². The van der Waals surface area contributed by atoms with Gasteiger partial charge in [0, 0.05) is 22.6 Å². The largest absolute Gasteiger partial charge is 0.397 e. The molecule has 1 aromatic carbocycles. The number of nitrogen functional groups attached to an aromatic ring is 1. The normalized spacial score (nSPS) is 10.9. The van der Waals surface area contributed by atoms with Crippen LogP contribution in [-0.4, -0.2) is 4.57 Å². The Labute approximate surface area is 85.5 Å².